The van der Waals surface area contributed by atoms with Gasteiger partial charge in [-0.2, -0.15) is 9.36 Å². The van der Waals surface area contributed by atoms with E-state index in [1.165, 1.54) is 37.4 Å². The minimum absolute atomic E-state index is 0.0142. The highest BCUT2D eigenvalue weighted by molar-refractivity contribution is 8.14. The molecule has 3 atom stereocenters. The van der Waals surface area contributed by atoms with Crippen LogP contribution in [0.25, 0.3) is 0 Å². The van der Waals surface area contributed by atoms with Gasteiger partial charge in [-0.15, -0.1) is 11.8 Å². The molecule has 4 rings (SSSR count). The number of amides is 2. The van der Waals surface area contributed by atoms with Gasteiger partial charge < -0.3 is 42.5 Å². The Morgan fingerprint density at radius 3 is 2.62 bits per heavy atom. The molecule has 42 heavy (non-hydrogen) atoms. The lowest BCUT2D eigenvalue weighted by molar-refractivity contribution is -0.161. The smallest absolute Gasteiger partial charge is 0.352 e. The average Bonchev–Trinajstić information content (AvgIpc) is 3.35. The highest BCUT2D eigenvalue weighted by atomic mass is 32.2. The van der Waals surface area contributed by atoms with Crippen molar-refractivity contribution in [3.8, 4) is 0 Å². The molecule has 1 aromatic rings. The Labute approximate surface area is 251 Å². The Morgan fingerprint density at radius 2 is 2.02 bits per heavy atom. The lowest BCUT2D eigenvalue weighted by atomic mass is 10.0. The average molecular weight is 641 g/mol. The number of hydrogen-bond acceptors (Lipinski definition) is 16. The van der Waals surface area contributed by atoms with Crippen LogP contribution in [0.5, 0.6) is 0 Å². The molecule has 0 spiro atoms. The van der Waals surface area contributed by atoms with Crippen molar-refractivity contribution in [2.75, 3.05) is 23.8 Å². The van der Waals surface area contributed by atoms with Crippen molar-refractivity contribution in [2.45, 2.75) is 44.0 Å². The van der Waals surface area contributed by atoms with Crippen molar-refractivity contribution in [3.05, 3.63) is 29.0 Å². The van der Waals surface area contributed by atoms with Gasteiger partial charge in [0, 0.05) is 29.6 Å². The third-order valence-electron chi connectivity index (χ3n) is 6.17. The molecule has 0 saturated carbocycles. The summed E-state index contributed by atoms with van der Waals surface area (Å²) in [7, 11) is 0. The number of β-lactam (4-membered cyclic amide) rings is 1. The molecular formula is C22H28N10O7S3. The van der Waals surface area contributed by atoms with Crippen LogP contribution >= 0.6 is 35.1 Å². The first-order chi connectivity index (χ1) is 19.7. The van der Waals surface area contributed by atoms with Gasteiger partial charge >= 0.3 is 11.9 Å². The van der Waals surface area contributed by atoms with Crippen molar-refractivity contribution in [1.82, 2.24) is 24.5 Å². The number of nitrogen functional groups attached to an aromatic ring is 1. The van der Waals surface area contributed by atoms with Gasteiger partial charge in [0.25, 0.3) is 11.8 Å². The van der Waals surface area contributed by atoms with Crippen molar-refractivity contribution in [2.24, 2.45) is 21.6 Å². The van der Waals surface area contributed by atoms with E-state index in [0.29, 0.717) is 17.3 Å². The van der Waals surface area contributed by atoms with E-state index in [4.69, 9.17) is 22.0 Å². The highest BCUT2D eigenvalue weighted by Crippen LogP contribution is 2.41. The summed E-state index contributed by atoms with van der Waals surface area (Å²) in [5.74, 6) is -3.74. The first-order valence-corrected chi connectivity index (χ1v) is 15.1. The second kappa shape index (κ2) is 12.2. The van der Waals surface area contributed by atoms with Crippen LogP contribution in [-0.2, 0) is 24.0 Å². The van der Waals surface area contributed by atoms with Crippen LogP contribution in [0.1, 0.15) is 26.6 Å². The quantitative estimate of drug-likeness (QED) is 0.101. The van der Waals surface area contributed by atoms with Crippen molar-refractivity contribution >= 4 is 74.8 Å². The molecule has 0 aromatic carbocycles. The van der Waals surface area contributed by atoms with Crippen LogP contribution in [0.15, 0.2) is 33.3 Å². The first-order valence-electron chi connectivity index (χ1n) is 12.3. The number of nitrogens with two attached hydrogens (primary N) is 3. The zero-order valence-electron chi connectivity index (χ0n) is 22.5. The van der Waals surface area contributed by atoms with Gasteiger partial charge in [-0.3, -0.25) is 14.5 Å². The van der Waals surface area contributed by atoms with Crippen molar-refractivity contribution in [3.63, 3.8) is 0 Å². The molecule has 2 unspecified atom stereocenters. The van der Waals surface area contributed by atoms with E-state index in [1.54, 1.807) is 6.08 Å². The predicted molar refractivity (Wildman–Crippen MR) is 156 cm³/mol. The number of thioether (sulfide) groups is 2. The molecule has 3 aliphatic rings. The predicted octanol–water partition coefficient (Wildman–Crippen LogP) is -1.05. The third kappa shape index (κ3) is 6.15. The maximum absolute atomic E-state index is 13.2. The summed E-state index contributed by atoms with van der Waals surface area (Å²) < 4.78 is 3.93. The van der Waals surface area contributed by atoms with E-state index < -0.39 is 52.6 Å². The topological polar surface area (TPSA) is 265 Å². The van der Waals surface area contributed by atoms with E-state index in [9.17, 15) is 29.4 Å². The van der Waals surface area contributed by atoms with Crippen LogP contribution in [0.2, 0.25) is 0 Å². The van der Waals surface area contributed by atoms with Gasteiger partial charge in [0.15, 0.2) is 10.3 Å². The molecule has 226 valence electrons. The second-order valence-electron chi connectivity index (χ2n) is 9.47. The van der Waals surface area contributed by atoms with Gasteiger partial charge in [0.1, 0.15) is 29.1 Å². The number of anilines is 1. The number of nitrogens with one attached hydrogen (secondary N) is 1. The summed E-state index contributed by atoms with van der Waals surface area (Å²) in [6.45, 7) is 4.90. The number of aliphatic carboxylic acids is 2. The SMILES string of the molecule is CCN1C(SCC2=C(C(=O)O)N3C(=O)C(NC(=O)/C(=N\OC(C)(C)C(=O)O)c4nsc(N)n4)[C@@H]3SC2)=NC(N)=CC1N. The van der Waals surface area contributed by atoms with E-state index in [0.717, 1.165) is 16.4 Å². The molecule has 1 aromatic heterocycles. The first kappa shape index (κ1) is 31.1. The molecule has 0 bridgehead atoms. The minimum atomic E-state index is -1.80. The van der Waals surface area contributed by atoms with E-state index in [-0.39, 0.29) is 34.0 Å². The molecule has 9 N–H and O–H groups in total. The Balaban J connectivity index is 1.52. The van der Waals surface area contributed by atoms with Crippen LogP contribution < -0.4 is 22.5 Å². The number of hydrogen-bond donors (Lipinski definition) is 6. The molecule has 2 amide bonds. The largest absolute Gasteiger partial charge is 0.478 e. The van der Waals surface area contributed by atoms with E-state index in [1.807, 2.05) is 11.8 Å². The fourth-order valence-electron chi connectivity index (χ4n) is 3.94. The normalized spacial score (nSPS) is 22.6. The van der Waals surface area contributed by atoms with Gasteiger partial charge in [-0.1, -0.05) is 16.9 Å². The summed E-state index contributed by atoms with van der Waals surface area (Å²) >= 11 is 3.29. The Bertz CT molecular complexity index is 1440. The molecule has 0 aliphatic carbocycles. The zero-order valence-corrected chi connectivity index (χ0v) is 25.0. The summed E-state index contributed by atoms with van der Waals surface area (Å²) in [5.41, 5.74) is 15.6. The highest BCUT2D eigenvalue weighted by Gasteiger charge is 2.54. The zero-order chi connectivity index (χ0) is 30.9. The molecule has 20 heteroatoms. The van der Waals surface area contributed by atoms with Crippen LogP contribution in [-0.4, -0.2) is 105 Å². The molecule has 17 nitrogen and oxygen atoms in total. The Kier molecular flexibility index (Phi) is 8.99. The van der Waals surface area contributed by atoms with Crippen molar-refractivity contribution < 1.29 is 34.2 Å². The third-order valence-corrected chi connectivity index (χ3v) is 9.13. The number of likely N-dealkylation sites (N-methyl/N-ethyl adjacent to an activating group) is 1. The number of carbonyl (C=O) groups is 4. The number of oxime groups is 1. The minimum Gasteiger partial charge on any atom is -0.478 e. The van der Waals surface area contributed by atoms with Gasteiger partial charge in [0.05, 0.1) is 0 Å². The number of aromatic nitrogens is 2. The molecule has 4 heterocycles. The number of amidine groups is 1. The van der Waals surface area contributed by atoms with E-state index >= 15 is 0 Å². The molecule has 0 radical (unpaired) electrons. The number of carboxylic acid groups (broad SMARTS) is 2. The fourth-order valence-corrected chi connectivity index (χ4v) is 6.97. The summed E-state index contributed by atoms with van der Waals surface area (Å²) in [6, 6.07) is -1.11. The van der Waals surface area contributed by atoms with Gasteiger partial charge in [-0.25, -0.2) is 14.6 Å². The molecular weight excluding hydrogens is 613 g/mol. The number of fused-ring (bicyclic) bond motifs is 1. The number of aliphatic imine (C=N–C) groups is 1. The summed E-state index contributed by atoms with van der Waals surface area (Å²) in [6.07, 6.45) is 1.14. The van der Waals surface area contributed by atoms with Gasteiger partial charge in [-0.05, 0) is 32.4 Å². The Hall–Kier alpha value is -3.88. The maximum Gasteiger partial charge on any atom is 0.352 e. The van der Waals surface area contributed by atoms with Crippen LogP contribution in [0.4, 0.5) is 5.13 Å². The summed E-state index contributed by atoms with van der Waals surface area (Å²) in [4.78, 5) is 66.3. The van der Waals surface area contributed by atoms with Crippen LogP contribution in [0.3, 0.4) is 0 Å². The number of carboxylic acids is 2. The number of nitrogens with zero attached hydrogens (tertiary/aromatic N) is 6. The molecule has 3 aliphatic heterocycles. The standard InChI is InChI=1S/C22H28N10O7S3/c1-4-31-10(24)5-9(23)26-21(31)41-7-8-6-40-17-12(16(34)32(17)13(8)18(35)36)27-15(33)11(14-28-20(25)42-30-14)29-39-22(2,3)19(37)38/h5,10,12,17H,4,6-7,23-24H2,1-3H3,(H,27,33)(H,35,36)(H,37,38)(H2,25,28,30)/b29-11-/t10?,12?,17-/m0/s1. The molecule has 1 saturated heterocycles. The fraction of sp³-hybridized carbons (Fsp3) is 0.455. The summed E-state index contributed by atoms with van der Waals surface area (Å²) in [5, 5.41) is 25.3. The lowest BCUT2D eigenvalue weighted by Gasteiger charge is -2.49. The van der Waals surface area contributed by atoms with E-state index in [2.05, 4.69) is 24.8 Å². The number of rotatable bonds is 10. The van der Waals surface area contributed by atoms with Crippen molar-refractivity contribution in [1.29, 1.82) is 0 Å². The van der Waals surface area contributed by atoms with Crippen LogP contribution in [0, 0.1) is 0 Å². The monoisotopic (exact) mass is 640 g/mol. The molecule has 1 fully saturated rings. The van der Waals surface area contributed by atoms with Gasteiger partial charge in [0.2, 0.25) is 17.1 Å². The lowest BCUT2D eigenvalue weighted by Crippen LogP contribution is -2.71. The Morgan fingerprint density at radius 1 is 1.31 bits per heavy atom. The maximum atomic E-state index is 13.2. The number of carbonyl (C=O) groups excluding carboxylic acids is 2. The second-order valence-corrected chi connectivity index (χ2v) is 12.3.